The van der Waals surface area contributed by atoms with Gasteiger partial charge in [0.05, 0.1) is 12.2 Å². The van der Waals surface area contributed by atoms with Crippen molar-refractivity contribution in [2.24, 2.45) is 0 Å². The Morgan fingerprint density at radius 1 is 1.38 bits per heavy atom. The molecule has 0 spiro atoms. The van der Waals surface area contributed by atoms with Crippen LogP contribution in [0.15, 0.2) is 24.5 Å². The van der Waals surface area contributed by atoms with Crippen LogP contribution in [0.3, 0.4) is 0 Å². The van der Waals surface area contributed by atoms with Gasteiger partial charge in [-0.15, -0.1) is 11.3 Å². The smallest absolute Gasteiger partial charge is 0.341 e. The Hall–Kier alpha value is -2.21. The minimum Gasteiger partial charge on any atom is -0.462 e. The highest BCUT2D eigenvalue weighted by molar-refractivity contribution is 7.17. The summed E-state index contributed by atoms with van der Waals surface area (Å²) in [7, 11) is 0. The van der Waals surface area contributed by atoms with E-state index in [9.17, 15) is 9.59 Å². The molecular weight excluding hydrogens is 324 g/mol. The number of hydrogen-bond acceptors (Lipinski definition) is 5. The topological polar surface area (TPSA) is 68.3 Å². The third-order valence-electron chi connectivity index (χ3n) is 4.20. The standard InChI is InChI=1S/C18H20N2O3S/c1-3-23-18(22)15-14-11(2)5-4-6-13(14)24-17(15)20-16(21)12-7-9-19-10-8-12/h7-11H,3-6H2,1-2H3,(H,20,21). The van der Waals surface area contributed by atoms with Gasteiger partial charge in [0, 0.05) is 22.8 Å². The molecule has 126 valence electrons. The van der Waals surface area contributed by atoms with Gasteiger partial charge in [-0.25, -0.2) is 4.79 Å². The van der Waals surface area contributed by atoms with Gasteiger partial charge in [-0.2, -0.15) is 0 Å². The van der Waals surface area contributed by atoms with Gasteiger partial charge in [-0.3, -0.25) is 9.78 Å². The molecule has 0 fully saturated rings. The molecule has 1 N–H and O–H groups in total. The third kappa shape index (κ3) is 3.19. The largest absolute Gasteiger partial charge is 0.462 e. The molecule has 5 nitrogen and oxygen atoms in total. The van der Waals surface area contributed by atoms with Crippen molar-refractivity contribution >= 4 is 28.2 Å². The van der Waals surface area contributed by atoms with Crippen molar-refractivity contribution in [1.82, 2.24) is 4.98 Å². The Morgan fingerprint density at radius 2 is 2.12 bits per heavy atom. The number of esters is 1. The van der Waals surface area contributed by atoms with E-state index in [0.29, 0.717) is 28.7 Å². The lowest BCUT2D eigenvalue weighted by atomic mass is 9.86. The molecule has 1 amide bonds. The van der Waals surface area contributed by atoms with E-state index < -0.39 is 0 Å². The quantitative estimate of drug-likeness (QED) is 0.851. The number of nitrogens with one attached hydrogen (secondary N) is 1. The van der Waals surface area contributed by atoms with Gasteiger partial charge in [0.2, 0.25) is 0 Å². The number of ether oxygens (including phenoxy) is 1. The van der Waals surface area contributed by atoms with E-state index in [0.717, 1.165) is 24.8 Å². The highest BCUT2D eigenvalue weighted by Crippen LogP contribution is 2.43. The van der Waals surface area contributed by atoms with Crippen LogP contribution in [0.5, 0.6) is 0 Å². The molecule has 3 rings (SSSR count). The maximum atomic E-state index is 12.5. The molecule has 0 saturated heterocycles. The van der Waals surface area contributed by atoms with Crippen molar-refractivity contribution in [3.63, 3.8) is 0 Å². The summed E-state index contributed by atoms with van der Waals surface area (Å²) in [4.78, 5) is 30.0. The molecule has 0 radical (unpaired) electrons. The fourth-order valence-electron chi connectivity index (χ4n) is 3.08. The lowest BCUT2D eigenvalue weighted by Gasteiger charge is -2.19. The molecule has 0 aromatic carbocycles. The van der Waals surface area contributed by atoms with Crippen molar-refractivity contribution in [1.29, 1.82) is 0 Å². The molecular formula is C18H20N2O3S. The van der Waals surface area contributed by atoms with Crippen LogP contribution in [0.4, 0.5) is 5.00 Å². The molecule has 24 heavy (non-hydrogen) atoms. The summed E-state index contributed by atoms with van der Waals surface area (Å²) in [6.07, 6.45) is 6.25. The zero-order valence-corrected chi connectivity index (χ0v) is 14.6. The van der Waals surface area contributed by atoms with Crippen molar-refractivity contribution in [2.45, 2.75) is 39.0 Å². The minimum absolute atomic E-state index is 0.241. The molecule has 2 aromatic heterocycles. The van der Waals surface area contributed by atoms with Gasteiger partial charge in [0.25, 0.3) is 5.91 Å². The molecule has 1 atom stereocenters. The number of aryl methyl sites for hydroxylation is 1. The number of fused-ring (bicyclic) bond motifs is 1. The molecule has 2 heterocycles. The third-order valence-corrected chi connectivity index (χ3v) is 5.39. The van der Waals surface area contributed by atoms with E-state index in [2.05, 4.69) is 17.2 Å². The van der Waals surface area contributed by atoms with Crippen LogP contribution in [0.1, 0.15) is 63.8 Å². The number of thiophene rings is 1. The fraction of sp³-hybridized carbons (Fsp3) is 0.389. The summed E-state index contributed by atoms with van der Waals surface area (Å²) in [6.45, 7) is 4.23. The van der Waals surface area contributed by atoms with Gasteiger partial charge < -0.3 is 10.1 Å². The van der Waals surface area contributed by atoms with Crippen molar-refractivity contribution < 1.29 is 14.3 Å². The van der Waals surface area contributed by atoms with Crippen molar-refractivity contribution in [3.8, 4) is 0 Å². The van der Waals surface area contributed by atoms with Crippen LogP contribution in [0.25, 0.3) is 0 Å². The fourth-order valence-corrected chi connectivity index (χ4v) is 4.43. The van der Waals surface area contributed by atoms with Gasteiger partial charge >= 0.3 is 5.97 Å². The Kier molecular flexibility index (Phi) is 4.94. The van der Waals surface area contributed by atoms with Crippen molar-refractivity contribution in [2.75, 3.05) is 11.9 Å². The Balaban J connectivity index is 1.98. The van der Waals surface area contributed by atoms with Crippen LogP contribution in [0, 0.1) is 0 Å². The number of aromatic nitrogens is 1. The average Bonchev–Trinajstić information content (AvgIpc) is 2.95. The first-order valence-electron chi connectivity index (χ1n) is 8.15. The maximum absolute atomic E-state index is 12.5. The zero-order chi connectivity index (χ0) is 17.1. The van der Waals surface area contributed by atoms with Crippen LogP contribution < -0.4 is 5.32 Å². The molecule has 6 heteroatoms. The summed E-state index contributed by atoms with van der Waals surface area (Å²) < 4.78 is 5.24. The van der Waals surface area contributed by atoms with E-state index in [-0.39, 0.29) is 11.9 Å². The van der Waals surface area contributed by atoms with E-state index in [1.807, 2.05) is 0 Å². The number of pyridine rings is 1. The Bertz CT molecular complexity index is 755. The highest BCUT2D eigenvalue weighted by atomic mass is 32.1. The maximum Gasteiger partial charge on any atom is 0.341 e. The monoisotopic (exact) mass is 344 g/mol. The van der Waals surface area contributed by atoms with E-state index >= 15 is 0 Å². The predicted octanol–water partition coefficient (Wildman–Crippen LogP) is 4.01. The van der Waals surface area contributed by atoms with Crippen LogP contribution in [-0.2, 0) is 11.2 Å². The highest BCUT2D eigenvalue weighted by Gasteiger charge is 2.30. The predicted molar refractivity (Wildman–Crippen MR) is 93.8 cm³/mol. The van der Waals surface area contributed by atoms with E-state index in [4.69, 9.17) is 4.74 Å². The molecule has 1 unspecified atom stereocenters. The van der Waals surface area contributed by atoms with Gasteiger partial charge in [0.1, 0.15) is 5.00 Å². The lowest BCUT2D eigenvalue weighted by molar-refractivity contribution is 0.0526. The number of carbonyl (C=O) groups is 2. The number of nitrogens with zero attached hydrogens (tertiary/aromatic N) is 1. The SMILES string of the molecule is CCOC(=O)c1c(NC(=O)c2ccncc2)sc2c1C(C)CCC2. The van der Waals surface area contributed by atoms with Gasteiger partial charge in [-0.1, -0.05) is 6.92 Å². The van der Waals surface area contributed by atoms with Gasteiger partial charge in [-0.05, 0) is 49.8 Å². The summed E-state index contributed by atoms with van der Waals surface area (Å²) in [5, 5.41) is 3.49. The number of rotatable bonds is 4. The first kappa shape index (κ1) is 16.6. The van der Waals surface area contributed by atoms with Gasteiger partial charge in [0.15, 0.2) is 0 Å². The average molecular weight is 344 g/mol. The second-order valence-corrected chi connectivity index (χ2v) is 6.95. The second kappa shape index (κ2) is 7.13. The molecule has 0 saturated carbocycles. The number of carbonyl (C=O) groups excluding carboxylic acids is 2. The van der Waals surface area contributed by atoms with E-state index in [1.165, 1.54) is 16.2 Å². The number of anilines is 1. The minimum atomic E-state index is -0.353. The summed E-state index contributed by atoms with van der Waals surface area (Å²) in [5.41, 5.74) is 2.10. The van der Waals surface area contributed by atoms with Crippen LogP contribution in [0.2, 0.25) is 0 Å². The zero-order valence-electron chi connectivity index (χ0n) is 13.8. The Labute approximate surface area is 145 Å². The molecule has 0 aliphatic heterocycles. The first-order chi connectivity index (χ1) is 11.6. The lowest BCUT2D eigenvalue weighted by Crippen LogP contribution is -2.16. The number of amides is 1. The summed E-state index contributed by atoms with van der Waals surface area (Å²) >= 11 is 1.49. The Morgan fingerprint density at radius 3 is 2.83 bits per heavy atom. The molecule has 2 aromatic rings. The summed E-state index contributed by atoms with van der Waals surface area (Å²) in [5.74, 6) is -0.293. The normalized spacial score (nSPS) is 16.3. The summed E-state index contributed by atoms with van der Waals surface area (Å²) in [6, 6.07) is 3.30. The molecule has 1 aliphatic rings. The molecule has 0 bridgehead atoms. The van der Waals surface area contributed by atoms with Crippen molar-refractivity contribution in [3.05, 3.63) is 46.1 Å². The molecule has 1 aliphatic carbocycles. The first-order valence-corrected chi connectivity index (χ1v) is 8.97. The van der Waals surface area contributed by atoms with Crippen LogP contribution in [-0.4, -0.2) is 23.5 Å². The second-order valence-electron chi connectivity index (χ2n) is 5.85. The van der Waals surface area contributed by atoms with Crippen LogP contribution >= 0.6 is 11.3 Å². The van der Waals surface area contributed by atoms with E-state index in [1.54, 1.807) is 31.5 Å². The number of hydrogen-bond donors (Lipinski definition) is 1.